The summed E-state index contributed by atoms with van der Waals surface area (Å²) in [5.74, 6) is -1.18. The van der Waals surface area contributed by atoms with Gasteiger partial charge in [-0.05, 0) is 48.1 Å². The van der Waals surface area contributed by atoms with Crippen LogP contribution in [0.4, 0.5) is 0 Å². The molecular weight excluding hydrogens is 366 g/mol. The molecule has 0 spiro atoms. The summed E-state index contributed by atoms with van der Waals surface area (Å²) in [5.41, 5.74) is 3.03. The molecule has 0 aliphatic carbocycles. The number of carbonyl (C=O) groups excluding carboxylic acids is 3. The van der Waals surface area contributed by atoms with Crippen LogP contribution < -0.4 is 0 Å². The molecule has 1 aliphatic rings. The van der Waals surface area contributed by atoms with Crippen molar-refractivity contribution >= 4 is 17.8 Å². The van der Waals surface area contributed by atoms with Crippen LogP contribution in [0.3, 0.4) is 0 Å². The molecule has 0 N–H and O–H groups in total. The molecule has 0 fully saturated rings. The van der Waals surface area contributed by atoms with Crippen LogP contribution >= 0.6 is 0 Å². The number of amides is 2. The molecular formula is C24H27NO4. The van der Waals surface area contributed by atoms with E-state index in [2.05, 4.69) is 20.8 Å². The van der Waals surface area contributed by atoms with Crippen molar-refractivity contribution in [1.82, 2.24) is 4.90 Å². The van der Waals surface area contributed by atoms with Crippen molar-refractivity contribution in [3.63, 3.8) is 0 Å². The van der Waals surface area contributed by atoms with Gasteiger partial charge in [0.15, 0.2) is 0 Å². The summed E-state index contributed by atoms with van der Waals surface area (Å²) in [6.07, 6.45) is 0.675. The van der Waals surface area contributed by atoms with Crippen LogP contribution in [-0.2, 0) is 16.8 Å². The van der Waals surface area contributed by atoms with E-state index in [4.69, 9.17) is 4.74 Å². The van der Waals surface area contributed by atoms with Crippen molar-refractivity contribution in [2.24, 2.45) is 0 Å². The van der Waals surface area contributed by atoms with Gasteiger partial charge in [0.2, 0.25) is 0 Å². The summed E-state index contributed by atoms with van der Waals surface area (Å²) in [5, 5.41) is 0. The lowest BCUT2D eigenvalue weighted by Gasteiger charge is -2.20. The Labute approximate surface area is 171 Å². The normalized spacial score (nSPS) is 14.7. The fourth-order valence-corrected chi connectivity index (χ4v) is 3.30. The van der Waals surface area contributed by atoms with Crippen LogP contribution in [0.1, 0.15) is 83.2 Å². The van der Waals surface area contributed by atoms with Crippen LogP contribution in [0.2, 0.25) is 0 Å². The molecule has 2 amide bonds. The third-order valence-electron chi connectivity index (χ3n) is 5.38. The fraction of sp³-hybridized carbons (Fsp3) is 0.375. The predicted octanol–water partition coefficient (Wildman–Crippen LogP) is 4.74. The third-order valence-corrected chi connectivity index (χ3v) is 5.38. The Hall–Kier alpha value is -2.95. The molecule has 0 unspecified atom stereocenters. The number of esters is 1. The molecule has 29 heavy (non-hydrogen) atoms. The van der Waals surface area contributed by atoms with Crippen LogP contribution in [0, 0.1) is 0 Å². The van der Waals surface area contributed by atoms with E-state index in [1.54, 1.807) is 0 Å². The van der Waals surface area contributed by atoms with Crippen molar-refractivity contribution in [2.45, 2.75) is 59.1 Å². The Morgan fingerprint density at radius 2 is 1.62 bits per heavy atom. The van der Waals surface area contributed by atoms with Gasteiger partial charge in [0.25, 0.3) is 11.8 Å². The molecule has 5 nitrogen and oxygen atoms in total. The molecule has 0 aromatic heterocycles. The first-order chi connectivity index (χ1) is 13.6. The third kappa shape index (κ3) is 4.09. The molecule has 2 aromatic rings. The monoisotopic (exact) mass is 393 g/mol. The Morgan fingerprint density at radius 3 is 2.21 bits per heavy atom. The summed E-state index contributed by atoms with van der Waals surface area (Å²) in [6.45, 7) is 10.3. The van der Waals surface area contributed by atoms with Gasteiger partial charge >= 0.3 is 5.97 Å². The zero-order chi connectivity index (χ0) is 21.3. The van der Waals surface area contributed by atoms with E-state index in [1.165, 1.54) is 28.7 Å². The van der Waals surface area contributed by atoms with E-state index in [9.17, 15) is 14.4 Å². The highest BCUT2D eigenvalue weighted by molar-refractivity contribution is 6.22. The van der Waals surface area contributed by atoms with Gasteiger partial charge in [0.1, 0.15) is 6.61 Å². The second kappa shape index (κ2) is 7.82. The van der Waals surface area contributed by atoms with Gasteiger partial charge in [-0.1, -0.05) is 52.0 Å². The van der Waals surface area contributed by atoms with E-state index in [0.717, 1.165) is 5.56 Å². The lowest BCUT2D eigenvalue weighted by atomic mass is 9.87. The summed E-state index contributed by atoms with van der Waals surface area (Å²) < 4.78 is 5.41. The second-order valence-corrected chi connectivity index (χ2v) is 8.52. The molecule has 1 heterocycles. The van der Waals surface area contributed by atoms with Crippen molar-refractivity contribution in [3.8, 4) is 0 Å². The van der Waals surface area contributed by atoms with Gasteiger partial charge in [-0.3, -0.25) is 14.5 Å². The zero-order valence-corrected chi connectivity index (χ0v) is 17.6. The smallest absolute Gasteiger partial charge is 0.338 e. The highest BCUT2D eigenvalue weighted by Crippen LogP contribution is 2.27. The zero-order valence-electron chi connectivity index (χ0n) is 17.6. The molecule has 0 saturated carbocycles. The molecule has 0 saturated heterocycles. The molecule has 2 aromatic carbocycles. The Balaban J connectivity index is 1.71. The number of nitrogens with zero attached hydrogens (tertiary/aromatic N) is 1. The highest BCUT2D eigenvalue weighted by atomic mass is 16.5. The average molecular weight is 393 g/mol. The lowest BCUT2D eigenvalue weighted by Crippen LogP contribution is -2.37. The summed E-state index contributed by atoms with van der Waals surface area (Å²) in [4.78, 5) is 38.8. The van der Waals surface area contributed by atoms with Crippen molar-refractivity contribution in [3.05, 3.63) is 70.3 Å². The number of imide groups is 1. The van der Waals surface area contributed by atoms with E-state index >= 15 is 0 Å². The first-order valence-corrected chi connectivity index (χ1v) is 9.92. The Kier molecular flexibility index (Phi) is 5.60. The van der Waals surface area contributed by atoms with Gasteiger partial charge in [-0.25, -0.2) is 4.79 Å². The summed E-state index contributed by atoms with van der Waals surface area (Å²) in [6, 6.07) is 12.3. The first-order valence-electron chi connectivity index (χ1n) is 9.92. The Bertz CT molecular complexity index is 954. The van der Waals surface area contributed by atoms with Gasteiger partial charge in [0, 0.05) is 6.04 Å². The minimum Gasteiger partial charge on any atom is -0.457 e. The van der Waals surface area contributed by atoms with Gasteiger partial charge in [-0.15, -0.1) is 0 Å². The molecule has 1 aliphatic heterocycles. The SMILES string of the molecule is CC[C@H](C)N1C(=O)c2ccc(C(=O)OCc3ccc(C(C)(C)C)cc3)cc2C1=O. The maximum absolute atomic E-state index is 12.6. The number of benzene rings is 2. The topological polar surface area (TPSA) is 63.7 Å². The van der Waals surface area contributed by atoms with Crippen LogP contribution in [0.15, 0.2) is 42.5 Å². The molecule has 3 rings (SSSR count). The average Bonchev–Trinajstić information content (AvgIpc) is 2.95. The Morgan fingerprint density at radius 1 is 1.00 bits per heavy atom. The van der Waals surface area contributed by atoms with Crippen molar-refractivity contribution < 1.29 is 19.1 Å². The standard InChI is InChI=1S/C24H27NO4/c1-6-15(2)25-21(26)19-12-9-17(13-20(19)22(25)27)23(28)29-14-16-7-10-18(11-8-16)24(3,4)5/h7-13,15H,6,14H2,1-5H3/t15-/m0/s1. The lowest BCUT2D eigenvalue weighted by molar-refractivity contribution is 0.0472. The van der Waals surface area contributed by atoms with E-state index in [-0.39, 0.29) is 41.0 Å². The maximum Gasteiger partial charge on any atom is 0.338 e. The van der Waals surface area contributed by atoms with E-state index < -0.39 is 5.97 Å². The van der Waals surface area contributed by atoms with E-state index in [1.807, 2.05) is 38.1 Å². The number of hydrogen-bond donors (Lipinski definition) is 0. The maximum atomic E-state index is 12.6. The van der Waals surface area contributed by atoms with Gasteiger partial charge in [-0.2, -0.15) is 0 Å². The van der Waals surface area contributed by atoms with Crippen molar-refractivity contribution in [2.75, 3.05) is 0 Å². The van der Waals surface area contributed by atoms with E-state index in [0.29, 0.717) is 12.0 Å². The first kappa shape index (κ1) is 20.8. The molecule has 152 valence electrons. The second-order valence-electron chi connectivity index (χ2n) is 8.52. The number of fused-ring (bicyclic) bond motifs is 1. The largest absolute Gasteiger partial charge is 0.457 e. The fourth-order valence-electron chi connectivity index (χ4n) is 3.30. The molecule has 0 bridgehead atoms. The molecule has 5 heteroatoms. The number of carbonyl (C=O) groups is 3. The molecule has 0 radical (unpaired) electrons. The number of rotatable bonds is 5. The minimum absolute atomic E-state index is 0.0623. The summed E-state index contributed by atoms with van der Waals surface area (Å²) >= 11 is 0. The number of ether oxygens (including phenoxy) is 1. The van der Waals surface area contributed by atoms with Gasteiger partial charge < -0.3 is 4.74 Å². The summed E-state index contributed by atoms with van der Waals surface area (Å²) in [7, 11) is 0. The van der Waals surface area contributed by atoms with Crippen LogP contribution in [0.25, 0.3) is 0 Å². The van der Waals surface area contributed by atoms with Crippen LogP contribution in [-0.4, -0.2) is 28.7 Å². The highest BCUT2D eigenvalue weighted by Gasteiger charge is 2.38. The van der Waals surface area contributed by atoms with Crippen LogP contribution in [0.5, 0.6) is 0 Å². The van der Waals surface area contributed by atoms with Gasteiger partial charge in [0.05, 0.1) is 16.7 Å². The minimum atomic E-state index is -0.519. The molecule has 1 atom stereocenters. The predicted molar refractivity (Wildman–Crippen MR) is 111 cm³/mol. The van der Waals surface area contributed by atoms with Crippen molar-refractivity contribution in [1.29, 1.82) is 0 Å². The quantitative estimate of drug-likeness (QED) is 0.544. The number of hydrogen-bond acceptors (Lipinski definition) is 4.